The molecule has 0 amide bonds. The van der Waals surface area contributed by atoms with Crippen LogP contribution in [0.1, 0.15) is 33.6 Å². The third-order valence-corrected chi connectivity index (χ3v) is 3.18. The highest BCUT2D eigenvalue weighted by Crippen LogP contribution is 2.25. The van der Waals surface area contributed by atoms with Gasteiger partial charge in [-0.25, -0.2) is 0 Å². The lowest BCUT2D eigenvalue weighted by molar-refractivity contribution is 0.113. The van der Waals surface area contributed by atoms with Crippen LogP contribution in [-0.2, 0) is 4.74 Å². The predicted molar refractivity (Wildman–Crippen MR) is 63.9 cm³/mol. The minimum absolute atomic E-state index is 0.345. The standard InChI is InChI=1S/C12H26N2O/c1-12(2,3)7-11(8-13)14(4)10-5-6-15-9-10/h10-11H,5-9,13H2,1-4H3. The van der Waals surface area contributed by atoms with Gasteiger partial charge >= 0.3 is 0 Å². The van der Waals surface area contributed by atoms with E-state index in [0.29, 0.717) is 17.5 Å². The van der Waals surface area contributed by atoms with Crippen molar-refractivity contribution in [3.63, 3.8) is 0 Å². The molecule has 1 saturated heterocycles. The number of likely N-dealkylation sites (N-methyl/N-ethyl adjacent to an activating group) is 1. The average molecular weight is 214 g/mol. The largest absolute Gasteiger partial charge is 0.380 e. The number of nitrogens with zero attached hydrogens (tertiary/aromatic N) is 1. The molecule has 1 heterocycles. The second-order valence-corrected chi connectivity index (χ2v) is 5.84. The van der Waals surface area contributed by atoms with Crippen LogP contribution in [0, 0.1) is 5.41 Å². The quantitative estimate of drug-likeness (QED) is 0.770. The van der Waals surface area contributed by atoms with Crippen molar-refractivity contribution in [3.8, 4) is 0 Å². The first kappa shape index (κ1) is 12.9. The smallest absolute Gasteiger partial charge is 0.0622 e. The van der Waals surface area contributed by atoms with Gasteiger partial charge in [0.25, 0.3) is 0 Å². The summed E-state index contributed by atoms with van der Waals surface area (Å²) < 4.78 is 5.42. The molecule has 15 heavy (non-hydrogen) atoms. The van der Waals surface area contributed by atoms with E-state index in [1.165, 1.54) is 0 Å². The van der Waals surface area contributed by atoms with Gasteiger partial charge in [-0.3, -0.25) is 4.90 Å². The Balaban J connectivity index is 2.49. The third kappa shape index (κ3) is 4.09. The van der Waals surface area contributed by atoms with Gasteiger partial charge in [-0.1, -0.05) is 20.8 Å². The molecule has 0 aromatic heterocycles. The van der Waals surface area contributed by atoms with E-state index >= 15 is 0 Å². The minimum Gasteiger partial charge on any atom is -0.380 e. The van der Waals surface area contributed by atoms with E-state index in [-0.39, 0.29) is 0 Å². The molecule has 0 saturated carbocycles. The summed E-state index contributed by atoms with van der Waals surface area (Å²) in [5, 5.41) is 0. The highest BCUT2D eigenvalue weighted by Gasteiger charge is 2.28. The molecule has 2 N–H and O–H groups in total. The third-order valence-electron chi connectivity index (χ3n) is 3.18. The summed E-state index contributed by atoms with van der Waals surface area (Å²) in [6.07, 6.45) is 2.30. The topological polar surface area (TPSA) is 38.5 Å². The summed E-state index contributed by atoms with van der Waals surface area (Å²) in [5.74, 6) is 0. The van der Waals surface area contributed by atoms with E-state index in [4.69, 9.17) is 10.5 Å². The molecule has 2 atom stereocenters. The maximum absolute atomic E-state index is 5.87. The summed E-state index contributed by atoms with van der Waals surface area (Å²) in [6.45, 7) is 9.33. The van der Waals surface area contributed by atoms with Gasteiger partial charge in [0.05, 0.1) is 6.61 Å². The zero-order chi connectivity index (χ0) is 11.5. The maximum atomic E-state index is 5.87. The van der Waals surface area contributed by atoms with Crippen molar-refractivity contribution in [1.29, 1.82) is 0 Å². The molecular weight excluding hydrogens is 188 g/mol. The normalized spacial score (nSPS) is 24.8. The molecule has 0 aliphatic carbocycles. The van der Waals surface area contributed by atoms with Crippen molar-refractivity contribution >= 4 is 0 Å². The zero-order valence-corrected chi connectivity index (χ0v) is 10.6. The SMILES string of the molecule is CN(C1CCOC1)C(CN)CC(C)(C)C. The number of ether oxygens (including phenoxy) is 1. The van der Waals surface area contributed by atoms with Gasteiger partial charge in [-0.15, -0.1) is 0 Å². The van der Waals surface area contributed by atoms with Crippen LogP contribution in [0.4, 0.5) is 0 Å². The fourth-order valence-electron chi connectivity index (χ4n) is 2.24. The summed E-state index contributed by atoms with van der Waals surface area (Å²) in [4.78, 5) is 2.41. The summed E-state index contributed by atoms with van der Waals surface area (Å²) >= 11 is 0. The van der Waals surface area contributed by atoms with E-state index in [1.807, 2.05) is 0 Å². The summed E-state index contributed by atoms with van der Waals surface area (Å²) in [5.41, 5.74) is 6.21. The van der Waals surface area contributed by atoms with Gasteiger partial charge in [0, 0.05) is 25.2 Å². The molecule has 3 nitrogen and oxygen atoms in total. The highest BCUT2D eigenvalue weighted by molar-refractivity contribution is 4.83. The molecule has 0 radical (unpaired) electrons. The molecule has 3 heteroatoms. The van der Waals surface area contributed by atoms with Gasteiger partial charge in [0.1, 0.15) is 0 Å². The molecule has 90 valence electrons. The molecule has 0 aromatic rings. The first-order valence-corrected chi connectivity index (χ1v) is 5.94. The first-order chi connectivity index (χ1) is 6.94. The zero-order valence-electron chi connectivity index (χ0n) is 10.6. The minimum atomic E-state index is 0.345. The molecule has 1 rings (SSSR count). The fraction of sp³-hybridized carbons (Fsp3) is 1.00. The van der Waals surface area contributed by atoms with Crippen LogP contribution >= 0.6 is 0 Å². The van der Waals surface area contributed by atoms with E-state index < -0.39 is 0 Å². The number of hydrogen-bond acceptors (Lipinski definition) is 3. The van der Waals surface area contributed by atoms with Crippen molar-refractivity contribution in [2.24, 2.45) is 11.1 Å². The van der Waals surface area contributed by atoms with Crippen LogP contribution < -0.4 is 5.73 Å². The Hall–Kier alpha value is -0.120. The van der Waals surface area contributed by atoms with Crippen molar-refractivity contribution < 1.29 is 4.74 Å². The number of rotatable bonds is 4. The van der Waals surface area contributed by atoms with E-state index in [9.17, 15) is 0 Å². The van der Waals surface area contributed by atoms with Crippen LogP contribution in [0.2, 0.25) is 0 Å². The fourth-order valence-corrected chi connectivity index (χ4v) is 2.24. The lowest BCUT2D eigenvalue weighted by Crippen LogP contribution is -2.46. The van der Waals surface area contributed by atoms with Crippen LogP contribution in [-0.4, -0.2) is 43.8 Å². The molecular formula is C12H26N2O. The average Bonchev–Trinajstić information content (AvgIpc) is 2.64. The first-order valence-electron chi connectivity index (χ1n) is 5.94. The second kappa shape index (κ2) is 5.28. The Morgan fingerprint density at radius 2 is 2.13 bits per heavy atom. The Kier molecular flexibility index (Phi) is 4.56. The Bertz CT molecular complexity index is 183. The molecule has 1 fully saturated rings. The van der Waals surface area contributed by atoms with E-state index in [0.717, 1.165) is 32.6 Å². The van der Waals surface area contributed by atoms with Gasteiger partial charge in [0.15, 0.2) is 0 Å². The molecule has 1 aliphatic rings. The van der Waals surface area contributed by atoms with Crippen LogP contribution in [0.3, 0.4) is 0 Å². The van der Waals surface area contributed by atoms with Crippen LogP contribution in [0.25, 0.3) is 0 Å². The van der Waals surface area contributed by atoms with Crippen molar-refractivity contribution in [1.82, 2.24) is 4.90 Å². The second-order valence-electron chi connectivity index (χ2n) is 5.84. The van der Waals surface area contributed by atoms with Crippen molar-refractivity contribution in [2.75, 3.05) is 26.8 Å². The van der Waals surface area contributed by atoms with Crippen molar-refractivity contribution in [2.45, 2.75) is 45.7 Å². The van der Waals surface area contributed by atoms with Gasteiger partial charge < -0.3 is 10.5 Å². The molecule has 0 aromatic carbocycles. The van der Waals surface area contributed by atoms with Crippen molar-refractivity contribution in [3.05, 3.63) is 0 Å². The number of hydrogen-bond donors (Lipinski definition) is 1. The monoisotopic (exact) mass is 214 g/mol. The lowest BCUT2D eigenvalue weighted by atomic mass is 9.87. The molecule has 1 aliphatic heterocycles. The molecule has 2 unspecified atom stereocenters. The van der Waals surface area contributed by atoms with Crippen LogP contribution in [0.5, 0.6) is 0 Å². The maximum Gasteiger partial charge on any atom is 0.0622 e. The molecule has 0 spiro atoms. The summed E-state index contributed by atoms with van der Waals surface area (Å²) in [6, 6.07) is 1.05. The molecule has 0 bridgehead atoms. The summed E-state index contributed by atoms with van der Waals surface area (Å²) in [7, 11) is 2.18. The van der Waals surface area contributed by atoms with Crippen LogP contribution in [0.15, 0.2) is 0 Å². The van der Waals surface area contributed by atoms with E-state index in [1.54, 1.807) is 0 Å². The predicted octanol–water partition coefficient (Wildman–Crippen LogP) is 1.47. The van der Waals surface area contributed by atoms with Gasteiger partial charge in [0.2, 0.25) is 0 Å². The Morgan fingerprint density at radius 3 is 2.53 bits per heavy atom. The Morgan fingerprint density at radius 1 is 1.47 bits per heavy atom. The van der Waals surface area contributed by atoms with Gasteiger partial charge in [-0.2, -0.15) is 0 Å². The van der Waals surface area contributed by atoms with E-state index in [2.05, 4.69) is 32.7 Å². The highest BCUT2D eigenvalue weighted by atomic mass is 16.5. The lowest BCUT2D eigenvalue weighted by Gasteiger charge is -2.35. The van der Waals surface area contributed by atoms with Gasteiger partial charge in [-0.05, 0) is 25.3 Å². The number of nitrogens with two attached hydrogens (primary N) is 1. The Labute approximate surface area is 94.0 Å².